The summed E-state index contributed by atoms with van der Waals surface area (Å²) in [6.07, 6.45) is 0. The molecule has 3 amide bonds. The third-order valence-electron chi connectivity index (χ3n) is 4.28. The van der Waals surface area contributed by atoms with Gasteiger partial charge in [0.05, 0.1) is 15.2 Å². The van der Waals surface area contributed by atoms with E-state index < -0.39 is 17.5 Å². The fraction of sp³-hybridized carbons (Fsp3) is 0.278. The van der Waals surface area contributed by atoms with Gasteiger partial charge in [0.1, 0.15) is 0 Å². The Balaban J connectivity index is 1.49. The van der Waals surface area contributed by atoms with E-state index in [1.165, 1.54) is 22.3 Å². The maximum atomic E-state index is 13.3. The quantitative estimate of drug-likeness (QED) is 0.744. The second kappa shape index (κ2) is 8.78. The fourth-order valence-electron chi connectivity index (χ4n) is 2.76. The molecular formula is C18H16BrF2N3O3S. The summed E-state index contributed by atoms with van der Waals surface area (Å²) in [7, 11) is 0. The summed E-state index contributed by atoms with van der Waals surface area (Å²) in [5, 5.41) is 2.58. The minimum Gasteiger partial charge on any atom is -0.342 e. The lowest BCUT2D eigenvalue weighted by atomic mass is 10.1. The van der Waals surface area contributed by atoms with E-state index in [4.69, 9.17) is 0 Å². The van der Waals surface area contributed by atoms with Gasteiger partial charge in [0, 0.05) is 31.7 Å². The van der Waals surface area contributed by atoms with E-state index in [9.17, 15) is 23.2 Å². The van der Waals surface area contributed by atoms with Crippen molar-refractivity contribution < 1.29 is 23.2 Å². The monoisotopic (exact) mass is 471 g/mol. The number of thiophene rings is 1. The Morgan fingerprint density at radius 3 is 2.29 bits per heavy atom. The lowest BCUT2D eigenvalue weighted by molar-refractivity contribution is -0.131. The topological polar surface area (TPSA) is 69.7 Å². The van der Waals surface area contributed by atoms with Gasteiger partial charge in [-0.25, -0.2) is 8.78 Å². The molecular weight excluding hydrogens is 456 g/mol. The molecule has 2 heterocycles. The van der Waals surface area contributed by atoms with Gasteiger partial charge in [0.2, 0.25) is 5.91 Å². The second-order valence-electron chi connectivity index (χ2n) is 6.09. The molecule has 0 atom stereocenters. The molecule has 6 nitrogen and oxygen atoms in total. The van der Waals surface area contributed by atoms with Crippen molar-refractivity contribution in [2.24, 2.45) is 0 Å². The van der Waals surface area contributed by atoms with Crippen molar-refractivity contribution in [3.63, 3.8) is 0 Å². The number of halogens is 3. The Morgan fingerprint density at radius 2 is 1.68 bits per heavy atom. The number of nitrogens with zero attached hydrogens (tertiary/aromatic N) is 2. The smallest absolute Gasteiger partial charge is 0.261 e. The van der Waals surface area contributed by atoms with Crippen LogP contribution in [0.5, 0.6) is 0 Å². The average Bonchev–Trinajstić information content (AvgIpc) is 3.14. The summed E-state index contributed by atoms with van der Waals surface area (Å²) >= 11 is 4.55. The van der Waals surface area contributed by atoms with Crippen LogP contribution in [0.2, 0.25) is 0 Å². The molecule has 1 aliphatic heterocycles. The third kappa shape index (κ3) is 4.74. The van der Waals surface area contributed by atoms with Crippen LogP contribution in [0, 0.1) is 11.6 Å². The first-order chi connectivity index (χ1) is 13.3. The Morgan fingerprint density at radius 1 is 1.00 bits per heavy atom. The highest BCUT2D eigenvalue weighted by molar-refractivity contribution is 9.11. The number of piperazine rings is 1. The molecule has 2 aromatic rings. The molecule has 0 spiro atoms. The Bertz CT molecular complexity index is 913. The predicted molar refractivity (Wildman–Crippen MR) is 103 cm³/mol. The normalized spacial score (nSPS) is 14.1. The van der Waals surface area contributed by atoms with Gasteiger partial charge in [-0.1, -0.05) is 0 Å². The summed E-state index contributed by atoms with van der Waals surface area (Å²) in [4.78, 5) is 40.2. The van der Waals surface area contributed by atoms with Crippen molar-refractivity contribution in [1.29, 1.82) is 0 Å². The van der Waals surface area contributed by atoms with Crippen LogP contribution in [0.1, 0.15) is 20.0 Å². The van der Waals surface area contributed by atoms with Gasteiger partial charge in [-0.05, 0) is 46.3 Å². The van der Waals surface area contributed by atoms with E-state index in [1.54, 1.807) is 17.0 Å². The Kier molecular flexibility index (Phi) is 6.40. The maximum Gasteiger partial charge on any atom is 0.261 e. The highest BCUT2D eigenvalue weighted by Gasteiger charge is 2.25. The molecule has 0 saturated carbocycles. The van der Waals surface area contributed by atoms with E-state index in [0.29, 0.717) is 18.0 Å². The fourth-order valence-corrected chi connectivity index (χ4v) is 4.06. The molecule has 1 aromatic carbocycles. The van der Waals surface area contributed by atoms with Crippen LogP contribution in [-0.2, 0) is 4.79 Å². The maximum absolute atomic E-state index is 13.3. The molecule has 1 N–H and O–H groups in total. The molecule has 3 rings (SSSR count). The molecule has 0 radical (unpaired) electrons. The van der Waals surface area contributed by atoms with E-state index >= 15 is 0 Å². The van der Waals surface area contributed by atoms with Crippen LogP contribution >= 0.6 is 27.3 Å². The number of carbonyl (C=O) groups is 3. The zero-order chi connectivity index (χ0) is 20.3. The molecule has 1 saturated heterocycles. The predicted octanol–water partition coefficient (Wildman–Crippen LogP) is 2.50. The minimum absolute atomic E-state index is 0.0630. The van der Waals surface area contributed by atoms with Crippen LogP contribution in [0.15, 0.2) is 34.1 Å². The van der Waals surface area contributed by atoms with E-state index in [2.05, 4.69) is 21.2 Å². The lowest BCUT2D eigenvalue weighted by Crippen LogP contribution is -2.52. The van der Waals surface area contributed by atoms with Crippen LogP contribution in [0.4, 0.5) is 8.78 Å². The molecule has 148 valence electrons. The Labute approximate surface area is 172 Å². The zero-order valence-electron chi connectivity index (χ0n) is 14.6. The van der Waals surface area contributed by atoms with Crippen LogP contribution < -0.4 is 5.32 Å². The SMILES string of the molecule is O=C(NCC(=O)N1CCN(C(=O)c2ccc(F)c(F)c2)CC1)c1ccc(Br)s1. The van der Waals surface area contributed by atoms with E-state index in [0.717, 1.165) is 15.9 Å². The van der Waals surface area contributed by atoms with E-state index in [1.807, 2.05) is 0 Å². The largest absolute Gasteiger partial charge is 0.342 e. The zero-order valence-corrected chi connectivity index (χ0v) is 17.0. The molecule has 0 unspecified atom stereocenters. The molecule has 28 heavy (non-hydrogen) atoms. The molecule has 1 aliphatic rings. The molecule has 1 aromatic heterocycles. The van der Waals surface area contributed by atoms with Gasteiger partial charge in [-0.2, -0.15) is 0 Å². The van der Waals surface area contributed by atoms with Crippen molar-refractivity contribution in [2.75, 3.05) is 32.7 Å². The summed E-state index contributed by atoms with van der Waals surface area (Å²) in [5.41, 5.74) is 0.0630. The second-order valence-corrected chi connectivity index (χ2v) is 8.55. The van der Waals surface area contributed by atoms with Gasteiger partial charge in [0.15, 0.2) is 11.6 Å². The first kappa shape index (κ1) is 20.4. The lowest BCUT2D eigenvalue weighted by Gasteiger charge is -2.34. The average molecular weight is 472 g/mol. The molecule has 0 bridgehead atoms. The van der Waals surface area contributed by atoms with Crippen molar-refractivity contribution in [3.8, 4) is 0 Å². The van der Waals surface area contributed by atoms with Crippen molar-refractivity contribution in [3.05, 3.63) is 56.2 Å². The third-order valence-corrected chi connectivity index (χ3v) is 5.91. The Hall–Kier alpha value is -2.33. The van der Waals surface area contributed by atoms with Gasteiger partial charge in [-0.15, -0.1) is 11.3 Å². The van der Waals surface area contributed by atoms with Crippen LogP contribution in [0.3, 0.4) is 0 Å². The molecule has 0 aliphatic carbocycles. The van der Waals surface area contributed by atoms with E-state index in [-0.39, 0.29) is 37.0 Å². The highest BCUT2D eigenvalue weighted by Crippen LogP contribution is 2.21. The summed E-state index contributed by atoms with van der Waals surface area (Å²) in [5.74, 6) is -3.07. The number of benzene rings is 1. The number of hydrogen-bond donors (Lipinski definition) is 1. The summed E-state index contributed by atoms with van der Waals surface area (Å²) in [6, 6.07) is 6.43. The highest BCUT2D eigenvalue weighted by atomic mass is 79.9. The van der Waals surface area contributed by atoms with Crippen molar-refractivity contribution >= 4 is 45.0 Å². The summed E-state index contributed by atoms with van der Waals surface area (Å²) in [6.45, 7) is 1.01. The standard InChI is InChI=1S/C18H16BrF2N3O3S/c19-15-4-3-14(28-15)17(26)22-10-16(25)23-5-7-24(8-6-23)18(27)11-1-2-12(20)13(21)9-11/h1-4,9H,5-8,10H2,(H,22,26). The van der Waals surface area contributed by atoms with Crippen LogP contribution in [0.25, 0.3) is 0 Å². The summed E-state index contributed by atoms with van der Waals surface area (Å²) < 4.78 is 27.1. The van der Waals surface area contributed by atoms with Gasteiger partial charge < -0.3 is 15.1 Å². The first-order valence-corrected chi connectivity index (χ1v) is 10.0. The van der Waals surface area contributed by atoms with Crippen molar-refractivity contribution in [2.45, 2.75) is 0 Å². The van der Waals surface area contributed by atoms with Crippen LogP contribution in [-0.4, -0.2) is 60.2 Å². The van der Waals surface area contributed by atoms with Gasteiger partial charge in [-0.3, -0.25) is 14.4 Å². The minimum atomic E-state index is -1.08. The number of nitrogens with one attached hydrogen (secondary N) is 1. The number of carbonyl (C=O) groups excluding carboxylic acids is 3. The molecule has 10 heteroatoms. The van der Waals surface area contributed by atoms with Crippen molar-refractivity contribution in [1.82, 2.24) is 15.1 Å². The van der Waals surface area contributed by atoms with Gasteiger partial charge in [0.25, 0.3) is 11.8 Å². The molecule has 1 fully saturated rings. The van der Waals surface area contributed by atoms with Gasteiger partial charge >= 0.3 is 0 Å². The first-order valence-electron chi connectivity index (χ1n) is 8.41. The number of hydrogen-bond acceptors (Lipinski definition) is 4. The number of amides is 3. The number of rotatable bonds is 4.